The van der Waals surface area contributed by atoms with Crippen molar-refractivity contribution >= 4 is 0 Å². The molecule has 3 nitrogen and oxygen atoms in total. The van der Waals surface area contributed by atoms with Gasteiger partial charge in [-0.25, -0.2) is 4.39 Å². The van der Waals surface area contributed by atoms with E-state index in [2.05, 4.69) is 10.4 Å². The number of fused-ring (bicyclic) bond motifs is 1. The van der Waals surface area contributed by atoms with Gasteiger partial charge >= 0.3 is 0 Å². The molecule has 4 heteroatoms. The van der Waals surface area contributed by atoms with Crippen LogP contribution in [-0.4, -0.2) is 21.9 Å². The standard InChI is InChI=1S/C17H20FN3/c18-14-6-4-12(5-7-14)16-8-9-21(20-16)11-15-3-1-2-13-10-17(13)19-15/h4-9,13,15,17,19H,1-3,10-11H2/t13-,15?,17?/m1/s1. The van der Waals surface area contributed by atoms with Gasteiger partial charge in [0.25, 0.3) is 0 Å². The van der Waals surface area contributed by atoms with Crippen LogP contribution in [0, 0.1) is 11.7 Å². The van der Waals surface area contributed by atoms with Crippen molar-refractivity contribution in [2.45, 2.75) is 44.3 Å². The minimum Gasteiger partial charge on any atom is -0.309 e. The molecule has 1 aliphatic heterocycles. The van der Waals surface area contributed by atoms with Crippen LogP contribution in [0.3, 0.4) is 0 Å². The van der Waals surface area contributed by atoms with E-state index in [1.165, 1.54) is 37.8 Å². The molecular formula is C17H20FN3. The van der Waals surface area contributed by atoms with Crippen LogP contribution in [0.4, 0.5) is 4.39 Å². The minimum absolute atomic E-state index is 0.208. The first-order valence-corrected chi connectivity index (χ1v) is 7.83. The van der Waals surface area contributed by atoms with Gasteiger partial charge in [-0.05, 0) is 55.5 Å². The molecule has 1 saturated carbocycles. The predicted octanol–water partition coefficient (Wildman–Crippen LogP) is 3.22. The molecule has 0 spiro atoms. The molecule has 1 aromatic heterocycles. The molecule has 4 rings (SSSR count). The number of aromatic nitrogens is 2. The highest BCUT2D eigenvalue weighted by Gasteiger charge is 2.39. The highest BCUT2D eigenvalue weighted by molar-refractivity contribution is 5.58. The van der Waals surface area contributed by atoms with Gasteiger partial charge in [0.1, 0.15) is 5.82 Å². The van der Waals surface area contributed by atoms with Crippen molar-refractivity contribution in [1.82, 2.24) is 15.1 Å². The Labute approximate surface area is 124 Å². The minimum atomic E-state index is -0.208. The lowest BCUT2D eigenvalue weighted by molar-refractivity contribution is 0.408. The van der Waals surface area contributed by atoms with Gasteiger partial charge < -0.3 is 5.32 Å². The normalized spacial score (nSPS) is 28.0. The molecule has 1 aliphatic carbocycles. The zero-order chi connectivity index (χ0) is 14.2. The molecule has 0 amide bonds. The van der Waals surface area contributed by atoms with Gasteiger partial charge in [-0.1, -0.05) is 6.42 Å². The van der Waals surface area contributed by atoms with E-state index in [0.29, 0.717) is 6.04 Å². The van der Waals surface area contributed by atoms with Crippen molar-refractivity contribution in [3.63, 3.8) is 0 Å². The lowest BCUT2D eigenvalue weighted by Gasteiger charge is -2.16. The maximum Gasteiger partial charge on any atom is 0.123 e. The SMILES string of the molecule is Fc1ccc(-c2ccn(CC3CCC[C@@H]4CC4N3)n2)cc1. The number of rotatable bonds is 3. The van der Waals surface area contributed by atoms with Gasteiger partial charge in [0, 0.05) is 23.8 Å². The monoisotopic (exact) mass is 285 g/mol. The third-order valence-electron chi connectivity index (χ3n) is 4.69. The fraction of sp³-hybridized carbons (Fsp3) is 0.471. The molecule has 21 heavy (non-hydrogen) atoms. The second-order valence-electron chi connectivity index (χ2n) is 6.33. The van der Waals surface area contributed by atoms with E-state index >= 15 is 0 Å². The second kappa shape index (κ2) is 5.26. The van der Waals surface area contributed by atoms with Gasteiger partial charge in [0.05, 0.1) is 12.2 Å². The molecule has 3 atom stereocenters. The molecule has 110 valence electrons. The lowest BCUT2D eigenvalue weighted by Crippen LogP contribution is -2.34. The summed E-state index contributed by atoms with van der Waals surface area (Å²) in [6.07, 6.45) is 7.32. The molecule has 2 fully saturated rings. The van der Waals surface area contributed by atoms with Crippen LogP contribution < -0.4 is 5.32 Å². The average molecular weight is 285 g/mol. The summed E-state index contributed by atoms with van der Waals surface area (Å²) in [4.78, 5) is 0. The van der Waals surface area contributed by atoms with E-state index < -0.39 is 0 Å². The molecule has 0 radical (unpaired) electrons. The third-order valence-corrected chi connectivity index (χ3v) is 4.69. The van der Waals surface area contributed by atoms with E-state index in [1.54, 1.807) is 12.1 Å². The number of hydrogen-bond acceptors (Lipinski definition) is 2. The quantitative estimate of drug-likeness (QED) is 0.938. The van der Waals surface area contributed by atoms with Crippen LogP contribution in [0.25, 0.3) is 11.3 Å². The number of nitrogens with one attached hydrogen (secondary N) is 1. The van der Waals surface area contributed by atoms with Crippen molar-refractivity contribution in [1.29, 1.82) is 0 Å². The highest BCUT2D eigenvalue weighted by atomic mass is 19.1. The fourth-order valence-corrected chi connectivity index (χ4v) is 3.39. The predicted molar refractivity (Wildman–Crippen MR) is 80.3 cm³/mol. The van der Waals surface area contributed by atoms with Crippen LogP contribution in [0.5, 0.6) is 0 Å². The zero-order valence-electron chi connectivity index (χ0n) is 12.0. The van der Waals surface area contributed by atoms with Crippen molar-refractivity contribution in [2.24, 2.45) is 5.92 Å². The Hall–Kier alpha value is -1.68. The maximum atomic E-state index is 13.0. The Morgan fingerprint density at radius 1 is 1.19 bits per heavy atom. The van der Waals surface area contributed by atoms with Crippen LogP contribution in [0.2, 0.25) is 0 Å². The molecule has 1 N–H and O–H groups in total. The maximum absolute atomic E-state index is 13.0. The molecule has 0 bridgehead atoms. The molecule has 2 unspecified atom stereocenters. The zero-order valence-corrected chi connectivity index (χ0v) is 12.0. The van der Waals surface area contributed by atoms with Crippen molar-refractivity contribution in [3.8, 4) is 11.3 Å². The van der Waals surface area contributed by atoms with E-state index in [9.17, 15) is 4.39 Å². The summed E-state index contributed by atoms with van der Waals surface area (Å²) in [5.74, 6) is 0.724. The number of nitrogens with zero attached hydrogens (tertiary/aromatic N) is 2. The second-order valence-corrected chi connectivity index (χ2v) is 6.33. The van der Waals surface area contributed by atoms with Crippen molar-refractivity contribution in [3.05, 3.63) is 42.3 Å². The summed E-state index contributed by atoms with van der Waals surface area (Å²) in [6, 6.07) is 9.81. The van der Waals surface area contributed by atoms with Gasteiger partial charge in [-0.15, -0.1) is 0 Å². The summed E-state index contributed by atoms with van der Waals surface area (Å²) < 4.78 is 15.0. The van der Waals surface area contributed by atoms with E-state index in [-0.39, 0.29) is 5.82 Å². The molecule has 2 aliphatic rings. The topological polar surface area (TPSA) is 29.9 Å². The lowest BCUT2D eigenvalue weighted by atomic mass is 10.1. The van der Waals surface area contributed by atoms with Crippen molar-refractivity contribution < 1.29 is 4.39 Å². The Morgan fingerprint density at radius 3 is 2.90 bits per heavy atom. The Morgan fingerprint density at radius 2 is 2.05 bits per heavy atom. The molecule has 1 aromatic carbocycles. The van der Waals surface area contributed by atoms with Crippen molar-refractivity contribution in [2.75, 3.05) is 0 Å². The number of hydrogen-bond donors (Lipinski definition) is 1. The summed E-state index contributed by atoms with van der Waals surface area (Å²) in [5.41, 5.74) is 1.87. The molecular weight excluding hydrogens is 265 g/mol. The summed E-state index contributed by atoms with van der Waals surface area (Å²) in [5, 5.41) is 8.38. The largest absolute Gasteiger partial charge is 0.309 e. The van der Waals surface area contributed by atoms with Gasteiger partial charge in [0.15, 0.2) is 0 Å². The first-order valence-electron chi connectivity index (χ1n) is 7.83. The van der Waals surface area contributed by atoms with Gasteiger partial charge in [-0.2, -0.15) is 5.10 Å². The molecule has 2 heterocycles. The Balaban J connectivity index is 1.45. The Kier molecular flexibility index (Phi) is 3.26. The third kappa shape index (κ3) is 2.86. The number of benzene rings is 1. The van der Waals surface area contributed by atoms with E-state index in [4.69, 9.17) is 0 Å². The summed E-state index contributed by atoms with van der Waals surface area (Å²) >= 11 is 0. The average Bonchev–Trinajstić information content (AvgIpc) is 3.08. The number of halogens is 1. The fourth-order valence-electron chi connectivity index (χ4n) is 3.39. The molecule has 2 aromatic rings. The summed E-state index contributed by atoms with van der Waals surface area (Å²) in [7, 11) is 0. The van der Waals surface area contributed by atoms with E-state index in [1.807, 2.05) is 16.9 Å². The van der Waals surface area contributed by atoms with Crippen LogP contribution in [-0.2, 0) is 6.54 Å². The first-order chi connectivity index (χ1) is 10.3. The van der Waals surface area contributed by atoms with Crippen LogP contribution in [0.15, 0.2) is 36.5 Å². The van der Waals surface area contributed by atoms with Gasteiger partial charge in [0.2, 0.25) is 0 Å². The van der Waals surface area contributed by atoms with E-state index in [0.717, 1.165) is 29.8 Å². The summed E-state index contributed by atoms with van der Waals surface area (Å²) in [6.45, 7) is 0.921. The highest BCUT2D eigenvalue weighted by Crippen LogP contribution is 2.38. The Bertz CT molecular complexity index is 619. The first kappa shape index (κ1) is 13.0. The van der Waals surface area contributed by atoms with Crippen LogP contribution in [0.1, 0.15) is 25.7 Å². The molecule has 1 saturated heterocycles. The smallest absolute Gasteiger partial charge is 0.123 e. The van der Waals surface area contributed by atoms with Crippen LogP contribution >= 0.6 is 0 Å². The van der Waals surface area contributed by atoms with Gasteiger partial charge in [-0.3, -0.25) is 4.68 Å².